The third-order valence-electron chi connectivity index (χ3n) is 3.14. The van der Waals surface area contributed by atoms with Gasteiger partial charge in [-0.2, -0.15) is 0 Å². The molecule has 0 aliphatic heterocycles. The Morgan fingerprint density at radius 1 is 1.26 bits per heavy atom. The van der Waals surface area contributed by atoms with Crippen molar-refractivity contribution in [2.45, 2.75) is 38.5 Å². The van der Waals surface area contributed by atoms with E-state index in [0.29, 0.717) is 6.54 Å². The van der Waals surface area contributed by atoms with Crippen LogP contribution in [0.1, 0.15) is 26.3 Å². The number of nitrogens with one attached hydrogen (secondary N) is 2. The van der Waals surface area contributed by atoms with E-state index in [-0.39, 0.29) is 35.2 Å². The van der Waals surface area contributed by atoms with Crippen LogP contribution in [0.2, 0.25) is 0 Å². The predicted octanol–water partition coefficient (Wildman–Crippen LogP) is 2.33. The van der Waals surface area contributed by atoms with E-state index in [1.165, 1.54) is 11.8 Å². The van der Waals surface area contributed by atoms with Gasteiger partial charge in [0.25, 0.3) is 0 Å². The molecule has 1 aromatic carbocycles. The van der Waals surface area contributed by atoms with E-state index in [2.05, 4.69) is 10.6 Å². The second-order valence-electron chi connectivity index (χ2n) is 5.94. The lowest BCUT2D eigenvalue weighted by Crippen LogP contribution is -2.51. The standard InChI is InChI=1S/C16H25N3O2S.ClH/c1-11-5-7-13(8-6-11)18-14(20)9-22-12(2)15(21)19-16(3,4)10-17;/h5-8,12H,9-10,17H2,1-4H3,(H,18,20)(H,19,21);1H. The van der Waals surface area contributed by atoms with E-state index in [1.54, 1.807) is 6.92 Å². The summed E-state index contributed by atoms with van der Waals surface area (Å²) in [5, 5.41) is 5.37. The van der Waals surface area contributed by atoms with Crippen LogP contribution >= 0.6 is 24.2 Å². The fraction of sp³-hybridized carbons (Fsp3) is 0.500. The molecule has 0 aliphatic rings. The molecule has 0 aliphatic carbocycles. The maximum absolute atomic E-state index is 12.0. The number of hydrogen-bond donors (Lipinski definition) is 3. The molecule has 7 heteroatoms. The van der Waals surface area contributed by atoms with Gasteiger partial charge in [0.1, 0.15) is 0 Å². The van der Waals surface area contributed by atoms with Gasteiger partial charge < -0.3 is 16.4 Å². The van der Waals surface area contributed by atoms with E-state index >= 15 is 0 Å². The molecule has 0 saturated carbocycles. The average Bonchev–Trinajstić information content (AvgIpc) is 2.46. The van der Waals surface area contributed by atoms with Crippen LogP contribution in [0.15, 0.2) is 24.3 Å². The molecule has 0 spiro atoms. The number of thioether (sulfide) groups is 1. The smallest absolute Gasteiger partial charge is 0.234 e. The van der Waals surface area contributed by atoms with Crippen LogP contribution in [0.25, 0.3) is 0 Å². The lowest BCUT2D eigenvalue weighted by molar-refractivity contribution is -0.121. The monoisotopic (exact) mass is 359 g/mol. The molecule has 0 heterocycles. The van der Waals surface area contributed by atoms with E-state index < -0.39 is 5.54 Å². The summed E-state index contributed by atoms with van der Waals surface area (Å²) in [4.78, 5) is 23.9. The van der Waals surface area contributed by atoms with Crippen molar-refractivity contribution in [3.63, 3.8) is 0 Å². The zero-order valence-electron chi connectivity index (χ0n) is 14.0. The maximum Gasteiger partial charge on any atom is 0.234 e. The van der Waals surface area contributed by atoms with Gasteiger partial charge >= 0.3 is 0 Å². The molecule has 1 atom stereocenters. The maximum atomic E-state index is 12.0. The molecule has 0 fully saturated rings. The number of halogens is 1. The number of aryl methyl sites for hydroxylation is 1. The third kappa shape index (κ3) is 8.25. The van der Waals surface area contributed by atoms with Crippen molar-refractivity contribution in [1.82, 2.24) is 5.32 Å². The molecule has 5 nitrogen and oxygen atoms in total. The highest BCUT2D eigenvalue weighted by molar-refractivity contribution is 8.01. The lowest BCUT2D eigenvalue weighted by Gasteiger charge is -2.26. The zero-order chi connectivity index (χ0) is 16.8. The highest BCUT2D eigenvalue weighted by Crippen LogP contribution is 2.14. The van der Waals surface area contributed by atoms with Gasteiger partial charge in [-0.15, -0.1) is 24.2 Å². The third-order valence-corrected chi connectivity index (χ3v) is 4.28. The van der Waals surface area contributed by atoms with Gasteiger partial charge in [0.05, 0.1) is 11.0 Å². The molecule has 4 N–H and O–H groups in total. The Morgan fingerprint density at radius 3 is 2.35 bits per heavy atom. The van der Waals surface area contributed by atoms with Crippen molar-refractivity contribution in [3.8, 4) is 0 Å². The first-order valence-corrected chi connectivity index (χ1v) is 8.28. The minimum Gasteiger partial charge on any atom is -0.349 e. The van der Waals surface area contributed by atoms with Crippen molar-refractivity contribution >= 4 is 41.7 Å². The largest absolute Gasteiger partial charge is 0.349 e. The summed E-state index contributed by atoms with van der Waals surface area (Å²) >= 11 is 1.30. The second kappa shape index (κ2) is 9.80. The van der Waals surface area contributed by atoms with Crippen LogP contribution in [-0.2, 0) is 9.59 Å². The molecule has 0 radical (unpaired) electrons. The van der Waals surface area contributed by atoms with Gasteiger partial charge in [0.2, 0.25) is 11.8 Å². The van der Waals surface area contributed by atoms with Gasteiger partial charge in [0, 0.05) is 17.8 Å². The van der Waals surface area contributed by atoms with Crippen molar-refractivity contribution in [3.05, 3.63) is 29.8 Å². The molecule has 1 rings (SSSR count). The normalized spacial score (nSPS) is 12.0. The predicted molar refractivity (Wildman–Crippen MR) is 100 cm³/mol. The number of nitrogens with two attached hydrogens (primary N) is 1. The van der Waals surface area contributed by atoms with Crippen LogP contribution < -0.4 is 16.4 Å². The summed E-state index contributed by atoms with van der Waals surface area (Å²) in [6, 6.07) is 7.59. The topological polar surface area (TPSA) is 84.2 Å². The van der Waals surface area contributed by atoms with E-state index in [4.69, 9.17) is 5.73 Å². The van der Waals surface area contributed by atoms with Crippen molar-refractivity contribution in [2.24, 2.45) is 5.73 Å². The SMILES string of the molecule is Cc1ccc(NC(=O)CSC(C)C(=O)NC(C)(C)CN)cc1.Cl. The minimum atomic E-state index is -0.434. The average molecular weight is 360 g/mol. The zero-order valence-corrected chi connectivity index (χ0v) is 15.6. The van der Waals surface area contributed by atoms with E-state index in [0.717, 1.165) is 11.3 Å². The summed E-state index contributed by atoms with van der Waals surface area (Å²) in [6.07, 6.45) is 0. The van der Waals surface area contributed by atoms with Crippen molar-refractivity contribution in [2.75, 3.05) is 17.6 Å². The molecule has 1 aromatic rings. The Morgan fingerprint density at radius 2 is 1.83 bits per heavy atom. The van der Waals surface area contributed by atoms with Gasteiger partial charge in [-0.05, 0) is 39.8 Å². The van der Waals surface area contributed by atoms with Crippen LogP contribution in [0, 0.1) is 6.92 Å². The van der Waals surface area contributed by atoms with Gasteiger partial charge in [-0.1, -0.05) is 17.7 Å². The molecule has 0 saturated heterocycles. The number of carbonyl (C=O) groups excluding carboxylic acids is 2. The molecule has 1 unspecified atom stereocenters. The first-order chi connectivity index (χ1) is 10.2. The molecule has 0 aromatic heterocycles. The number of hydrogen-bond acceptors (Lipinski definition) is 4. The first-order valence-electron chi connectivity index (χ1n) is 7.24. The fourth-order valence-corrected chi connectivity index (χ4v) is 2.28. The summed E-state index contributed by atoms with van der Waals surface area (Å²) < 4.78 is 0. The molecular formula is C16H26ClN3O2S. The van der Waals surface area contributed by atoms with E-state index in [1.807, 2.05) is 45.0 Å². The second-order valence-corrected chi connectivity index (χ2v) is 7.27. The van der Waals surface area contributed by atoms with Crippen LogP contribution in [0.3, 0.4) is 0 Å². The molecule has 2 amide bonds. The highest BCUT2D eigenvalue weighted by Gasteiger charge is 2.22. The minimum absolute atomic E-state index is 0. The highest BCUT2D eigenvalue weighted by atomic mass is 35.5. The summed E-state index contributed by atoms with van der Waals surface area (Å²) in [5.74, 6) is 0.00100. The molecule has 23 heavy (non-hydrogen) atoms. The summed E-state index contributed by atoms with van der Waals surface area (Å²) in [6.45, 7) is 7.87. The number of benzene rings is 1. The van der Waals surface area contributed by atoms with Crippen molar-refractivity contribution < 1.29 is 9.59 Å². The number of amides is 2. The summed E-state index contributed by atoms with van der Waals surface area (Å²) in [5.41, 5.74) is 7.05. The fourth-order valence-electron chi connectivity index (χ4n) is 1.60. The molecule has 130 valence electrons. The number of rotatable bonds is 7. The number of carbonyl (C=O) groups is 2. The van der Waals surface area contributed by atoms with E-state index in [9.17, 15) is 9.59 Å². The first kappa shape index (κ1) is 21.8. The lowest BCUT2D eigenvalue weighted by atomic mass is 10.1. The Hall–Kier alpha value is -1.24. The van der Waals surface area contributed by atoms with Crippen LogP contribution in [0.4, 0.5) is 5.69 Å². The Bertz CT molecular complexity index is 521. The van der Waals surface area contributed by atoms with Crippen LogP contribution in [0.5, 0.6) is 0 Å². The molecule has 0 bridgehead atoms. The van der Waals surface area contributed by atoms with Gasteiger partial charge in [0.15, 0.2) is 0 Å². The van der Waals surface area contributed by atoms with Crippen LogP contribution in [-0.4, -0.2) is 34.9 Å². The quantitative estimate of drug-likeness (QED) is 0.697. The van der Waals surface area contributed by atoms with Gasteiger partial charge in [-0.3, -0.25) is 9.59 Å². The van der Waals surface area contributed by atoms with Crippen molar-refractivity contribution in [1.29, 1.82) is 0 Å². The Kier molecular flexibility index (Phi) is 9.27. The Labute approximate surface area is 148 Å². The summed E-state index contributed by atoms with van der Waals surface area (Å²) in [7, 11) is 0. The Balaban J connectivity index is 0.00000484. The number of anilines is 1. The molecular weight excluding hydrogens is 334 g/mol. The van der Waals surface area contributed by atoms with Gasteiger partial charge in [-0.25, -0.2) is 0 Å².